The van der Waals surface area contributed by atoms with Crippen molar-refractivity contribution >= 4 is 34.5 Å². The fraction of sp³-hybridized carbons (Fsp3) is 0.100. The van der Waals surface area contributed by atoms with Gasteiger partial charge in [-0.3, -0.25) is 0 Å². The summed E-state index contributed by atoms with van der Waals surface area (Å²) in [6.07, 6.45) is 1.62. The molecule has 0 atom stereocenters. The van der Waals surface area contributed by atoms with E-state index in [1.54, 1.807) is 6.20 Å². The summed E-state index contributed by atoms with van der Waals surface area (Å²) in [7, 11) is 0. The number of aromatic nitrogens is 4. The molecular formula is C20H18N6O2. The van der Waals surface area contributed by atoms with Crippen LogP contribution in [0.1, 0.15) is 21.7 Å². The maximum Gasteiger partial charge on any atom is 0.340 e. The molecular weight excluding hydrogens is 356 g/mol. The number of benzene rings is 2. The van der Waals surface area contributed by atoms with Gasteiger partial charge in [-0.15, -0.1) is 0 Å². The lowest BCUT2D eigenvalue weighted by Crippen LogP contribution is -2.11. The Morgan fingerprint density at radius 3 is 2.75 bits per heavy atom. The SMILES string of the molecule is Cc1ccccc1Nc1nc(N)nc(COC(=O)c2c[nH]c3ccccc23)n1. The third kappa shape index (κ3) is 3.61. The van der Waals surface area contributed by atoms with Crippen LogP contribution < -0.4 is 11.1 Å². The van der Waals surface area contributed by atoms with Crippen LogP contribution in [0.25, 0.3) is 10.9 Å². The number of carbonyl (C=O) groups is 1. The van der Waals surface area contributed by atoms with E-state index >= 15 is 0 Å². The van der Waals surface area contributed by atoms with Gasteiger partial charge in [-0.25, -0.2) is 4.79 Å². The monoisotopic (exact) mass is 374 g/mol. The average molecular weight is 374 g/mol. The number of anilines is 3. The number of nitrogens with zero attached hydrogens (tertiary/aromatic N) is 3. The maximum absolute atomic E-state index is 12.4. The molecule has 8 heteroatoms. The second kappa shape index (κ2) is 7.36. The van der Waals surface area contributed by atoms with Crippen LogP contribution in [0, 0.1) is 6.92 Å². The van der Waals surface area contributed by atoms with Crippen molar-refractivity contribution in [3.05, 3.63) is 71.7 Å². The van der Waals surface area contributed by atoms with Gasteiger partial charge in [-0.1, -0.05) is 36.4 Å². The number of ether oxygens (including phenoxy) is 1. The van der Waals surface area contributed by atoms with E-state index < -0.39 is 5.97 Å². The fourth-order valence-electron chi connectivity index (χ4n) is 2.84. The van der Waals surface area contributed by atoms with Crippen molar-refractivity contribution in [2.24, 2.45) is 0 Å². The van der Waals surface area contributed by atoms with Crippen LogP contribution in [0.3, 0.4) is 0 Å². The summed E-state index contributed by atoms with van der Waals surface area (Å²) < 4.78 is 5.37. The number of carbonyl (C=O) groups excluding carboxylic acids is 1. The zero-order valence-corrected chi connectivity index (χ0v) is 15.1. The summed E-state index contributed by atoms with van der Waals surface area (Å²) in [5.74, 6) is 0.130. The summed E-state index contributed by atoms with van der Waals surface area (Å²) in [5, 5.41) is 3.90. The molecule has 0 aliphatic rings. The van der Waals surface area contributed by atoms with Gasteiger partial charge < -0.3 is 20.8 Å². The molecule has 0 aliphatic heterocycles. The molecule has 0 saturated heterocycles. The third-order valence-electron chi connectivity index (χ3n) is 4.23. The Kier molecular flexibility index (Phi) is 4.59. The summed E-state index contributed by atoms with van der Waals surface area (Å²) in [4.78, 5) is 27.9. The number of nitrogens with one attached hydrogen (secondary N) is 2. The van der Waals surface area contributed by atoms with Crippen molar-refractivity contribution in [3.8, 4) is 0 Å². The van der Waals surface area contributed by atoms with E-state index in [0.29, 0.717) is 11.5 Å². The Morgan fingerprint density at radius 1 is 1.11 bits per heavy atom. The molecule has 140 valence electrons. The summed E-state index contributed by atoms with van der Waals surface area (Å²) in [5.41, 5.74) is 8.99. The van der Waals surface area contributed by atoms with Gasteiger partial charge in [0.1, 0.15) is 0 Å². The fourth-order valence-corrected chi connectivity index (χ4v) is 2.84. The van der Waals surface area contributed by atoms with Crippen LogP contribution >= 0.6 is 0 Å². The van der Waals surface area contributed by atoms with Gasteiger partial charge in [-0.2, -0.15) is 15.0 Å². The molecule has 0 fully saturated rings. The number of fused-ring (bicyclic) bond motifs is 1. The summed E-state index contributed by atoms with van der Waals surface area (Å²) in [6, 6.07) is 15.2. The van der Waals surface area contributed by atoms with Crippen molar-refractivity contribution in [1.82, 2.24) is 19.9 Å². The number of nitrogens with two attached hydrogens (primary N) is 1. The zero-order valence-electron chi connectivity index (χ0n) is 15.1. The van der Waals surface area contributed by atoms with Crippen molar-refractivity contribution in [2.45, 2.75) is 13.5 Å². The lowest BCUT2D eigenvalue weighted by Gasteiger charge is -2.09. The molecule has 0 aliphatic carbocycles. The highest BCUT2D eigenvalue weighted by Gasteiger charge is 2.14. The van der Waals surface area contributed by atoms with Crippen molar-refractivity contribution < 1.29 is 9.53 Å². The first-order chi connectivity index (χ1) is 13.6. The number of H-pyrrole nitrogens is 1. The molecule has 4 rings (SSSR count). The van der Waals surface area contributed by atoms with Gasteiger partial charge >= 0.3 is 5.97 Å². The number of esters is 1. The number of rotatable bonds is 5. The number of aryl methyl sites for hydroxylation is 1. The standard InChI is InChI=1S/C20H18N6O2/c1-12-6-2-4-8-15(12)23-20-25-17(24-19(21)26-20)11-28-18(27)14-10-22-16-9-5-3-7-13(14)16/h2-10,22H,11H2,1H3,(H3,21,23,24,25,26). The van der Waals surface area contributed by atoms with E-state index in [-0.39, 0.29) is 18.4 Å². The Morgan fingerprint density at radius 2 is 1.89 bits per heavy atom. The van der Waals surface area contributed by atoms with E-state index in [1.807, 2.05) is 55.5 Å². The predicted octanol–water partition coefficient (Wildman–Crippen LogP) is 3.34. The summed E-state index contributed by atoms with van der Waals surface area (Å²) in [6.45, 7) is 1.85. The van der Waals surface area contributed by atoms with Gasteiger partial charge in [0.05, 0.1) is 5.56 Å². The lowest BCUT2D eigenvalue weighted by atomic mass is 10.2. The number of hydrogen-bond acceptors (Lipinski definition) is 7. The molecule has 28 heavy (non-hydrogen) atoms. The van der Waals surface area contributed by atoms with Crippen molar-refractivity contribution in [1.29, 1.82) is 0 Å². The first-order valence-corrected chi connectivity index (χ1v) is 8.66. The van der Waals surface area contributed by atoms with E-state index in [9.17, 15) is 4.79 Å². The molecule has 0 amide bonds. The molecule has 0 saturated carbocycles. The maximum atomic E-state index is 12.4. The Balaban J connectivity index is 1.50. The molecule has 0 spiro atoms. The van der Waals surface area contributed by atoms with E-state index in [4.69, 9.17) is 10.5 Å². The molecule has 2 aromatic carbocycles. The second-order valence-corrected chi connectivity index (χ2v) is 6.20. The Bertz CT molecular complexity index is 1150. The van der Waals surface area contributed by atoms with Gasteiger partial charge in [-0.05, 0) is 24.6 Å². The number of nitrogen functional groups attached to an aromatic ring is 1. The van der Waals surface area contributed by atoms with E-state index in [0.717, 1.165) is 22.2 Å². The average Bonchev–Trinajstić information content (AvgIpc) is 3.12. The van der Waals surface area contributed by atoms with E-state index in [1.165, 1.54) is 0 Å². The molecule has 4 N–H and O–H groups in total. The molecule has 2 aromatic heterocycles. The second-order valence-electron chi connectivity index (χ2n) is 6.20. The van der Waals surface area contributed by atoms with Crippen LogP contribution in [0.5, 0.6) is 0 Å². The summed E-state index contributed by atoms with van der Waals surface area (Å²) >= 11 is 0. The van der Waals surface area contributed by atoms with Gasteiger partial charge in [0.2, 0.25) is 11.9 Å². The molecule has 4 aromatic rings. The van der Waals surface area contributed by atoms with Gasteiger partial charge in [0.25, 0.3) is 0 Å². The molecule has 0 radical (unpaired) electrons. The largest absolute Gasteiger partial charge is 0.454 e. The van der Waals surface area contributed by atoms with Gasteiger partial charge in [0.15, 0.2) is 12.4 Å². The minimum absolute atomic E-state index is 0.0456. The predicted molar refractivity (Wildman–Crippen MR) is 106 cm³/mol. The third-order valence-corrected chi connectivity index (χ3v) is 4.23. The number of hydrogen-bond donors (Lipinski definition) is 3. The highest BCUT2D eigenvalue weighted by molar-refractivity contribution is 6.03. The van der Waals surface area contributed by atoms with Crippen LogP contribution in [-0.2, 0) is 11.3 Å². The number of aromatic amines is 1. The lowest BCUT2D eigenvalue weighted by molar-refractivity contribution is 0.0464. The molecule has 0 bridgehead atoms. The highest BCUT2D eigenvalue weighted by Crippen LogP contribution is 2.20. The minimum atomic E-state index is -0.468. The first kappa shape index (κ1) is 17.5. The van der Waals surface area contributed by atoms with Crippen LogP contribution in [0.4, 0.5) is 17.6 Å². The first-order valence-electron chi connectivity index (χ1n) is 8.66. The Hall–Kier alpha value is -3.94. The molecule has 0 unspecified atom stereocenters. The van der Waals surface area contributed by atoms with Crippen LogP contribution in [0.15, 0.2) is 54.7 Å². The smallest absolute Gasteiger partial charge is 0.340 e. The zero-order chi connectivity index (χ0) is 19.5. The number of para-hydroxylation sites is 2. The minimum Gasteiger partial charge on any atom is -0.454 e. The normalized spacial score (nSPS) is 10.8. The van der Waals surface area contributed by atoms with Crippen LogP contribution in [-0.4, -0.2) is 25.9 Å². The van der Waals surface area contributed by atoms with Crippen molar-refractivity contribution in [2.75, 3.05) is 11.1 Å². The molecule has 8 nitrogen and oxygen atoms in total. The molecule has 2 heterocycles. The topological polar surface area (TPSA) is 119 Å². The Labute approximate surface area is 160 Å². The van der Waals surface area contributed by atoms with Gasteiger partial charge in [0, 0.05) is 22.8 Å². The van der Waals surface area contributed by atoms with Crippen molar-refractivity contribution in [3.63, 3.8) is 0 Å². The highest BCUT2D eigenvalue weighted by atomic mass is 16.5. The quantitative estimate of drug-likeness (QED) is 0.458. The van der Waals surface area contributed by atoms with Crippen LogP contribution in [0.2, 0.25) is 0 Å². The van der Waals surface area contributed by atoms with E-state index in [2.05, 4.69) is 25.3 Å².